The Morgan fingerprint density at radius 2 is 1.65 bits per heavy atom. The summed E-state index contributed by atoms with van der Waals surface area (Å²) in [6, 6.07) is 0.694. The van der Waals surface area contributed by atoms with Gasteiger partial charge in [-0.05, 0) is 32.7 Å². The Morgan fingerprint density at radius 1 is 0.941 bits per heavy atom. The molecule has 0 saturated heterocycles. The van der Waals surface area contributed by atoms with Crippen LogP contribution in [0.25, 0.3) is 0 Å². The first-order valence-electron chi connectivity index (χ1n) is 7.50. The normalized spacial score (nSPS) is 14.8. The highest BCUT2D eigenvalue weighted by molar-refractivity contribution is 4.68. The van der Waals surface area contributed by atoms with Gasteiger partial charge < -0.3 is 10.1 Å². The van der Waals surface area contributed by atoms with Crippen molar-refractivity contribution in [2.75, 3.05) is 13.7 Å². The van der Waals surface area contributed by atoms with E-state index in [1.165, 1.54) is 51.4 Å². The third-order valence-electron chi connectivity index (χ3n) is 3.47. The summed E-state index contributed by atoms with van der Waals surface area (Å²) in [4.78, 5) is 0. The molecule has 0 radical (unpaired) electrons. The Balaban J connectivity index is 3.59. The Bertz CT molecular complexity index is 150. The zero-order valence-electron chi connectivity index (χ0n) is 12.4. The molecule has 0 fully saturated rings. The molecule has 17 heavy (non-hydrogen) atoms. The zero-order chi connectivity index (χ0) is 12.9. The molecule has 0 rings (SSSR count). The molecule has 0 aliphatic rings. The van der Waals surface area contributed by atoms with Crippen molar-refractivity contribution in [2.24, 2.45) is 0 Å². The molecule has 0 aromatic heterocycles. The van der Waals surface area contributed by atoms with E-state index in [2.05, 4.69) is 26.1 Å². The molecule has 2 nitrogen and oxygen atoms in total. The van der Waals surface area contributed by atoms with Crippen LogP contribution in [0.1, 0.15) is 72.1 Å². The highest BCUT2D eigenvalue weighted by atomic mass is 16.5. The van der Waals surface area contributed by atoms with Crippen LogP contribution in [0.15, 0.2) is 0 Å². The summed E-state index contributed by atoms with van der Waals surface area (Å²) in [7, 11) is 1.80. The van der Waals surface area contributed by atoms with Crippen LogP contribution in [0.3, 0.4) is 0 Å². The topological polar surface area (TPSA) is 21.3 Å². The Labute approximate surface area is 109 Å². The molecule has 2 unspecified atom stereocenters. The number of ether oxygens (including phenoxy) is 1. The first-order valence-corrected chi connectivity index (χ1v) is 7.50. The van der Waals surface area contributed by atoms with E-state index in [0.29, 0.717) is 12.1 Å². The predicted octanol–water partition coefficient (Wildman–Crippen LogP) is 4.14. The monoisotopic (exact) mass is 243 g/mol. The minimum atomic E-state index is 0.399. The third kappa shape index (κ3) is 10.8. The zero-order valence-corrected chi connectivity index (χ0v) is 12.4. The van der Waals surface area contributed by atoms with Gasteiger partial charge in [-0.1, -0.05) is 46.0 Å². The molecule has 0 saturated carbocycles. The number of nitrogens with one attached hydrogen (secondary N) is 1. The average Bonchev–Trinajstić information content (AvgIpc) is 2.35. The van der Waals surface area contributed by atoms with Crippen LogP contribution in [-0.2, 0) is 4.74 Å². The lowest BCUT2D eigenvalue weighted by molar-refractivity contribution is 0.105. The fraction of sp³-hybridized carbons (Fsp3) is 1.00. The quantitative estimate of drug-likeness (QED) is 0.520. The number of hydrogen-bond donors (Lipinski definition) is 1. The van der Waals surface area contributed by atoms with Gasteiger partial charge in [-0.2, -0.15) is 0 Å². The van der Waals surface area contributed by atoms with Gasteiger partial charge in [0, 0.05) is 13.2 Å². The molecule has 0 spiro atoms. The summed E-state index contributed by atoms with van der Waals surface area (Å²) in [5.74, 6) is 0. The van der Waals surface area contributed by atoms with Gasteiger partial charge in [0.05, 0.1) is 6.10 Å². The number of methoxy groups -OCH3 is 1. The van der Waals surface area contributed by atoms with E-state index < -0.39 is 0 Å². The van der Waals surface area contributed by atoms with Gasteiger partial charge in [0.2, 0.25) is 0 Å². The van der Waals surface area contributed by atoms with E-state index in [9.17, 15) is 0 Å². The minimum absolute atomic E-state index is 0.399. The molecule has 0 aromatic carbocycles. The van der Waals surface area contributed by atoms with Crippen molar-refractivity contribution in [1.82, 2.24) is 5.32 Å². The van der Waals surface area contributed by atoms with Crippen molar-refractivity contribution in [1.29, 1.82) is 0 Å². The maximum Gasteiger partial charge on any atom is 0.0543 e. The summed E-state index contributed by atoms with van der Waals surface area (Å²) in [6.07, 6.45) is 11.1. The molecule has 0 aliphatic heterocycles. The molecule has 0 aliphatic carbocycles. The second kappa shape index (κ2) is 12.4. The minimum Gasteiger partial charge on any atom is -0.382 e. The summed E-state index contributed by atoms with van der Waals surface area (Å²) >= 11 is 0. The molecule has 104 valence electrons. The summed E-state index contributed by atoms with van der Waals surface area (Å²) < 4.78 is 5.31. The molecule has 0 bridgehead atoms. The van der Waals surface area contributed by atoms with E-state index in [1.807, 2.05) is 0 Å². The molecular weight excluding hydrogens is 210 g/mol. The van der Waals surface area contributed by atoms with Gasteiger partial charge in [0.25, 0.3) is 0 Å². The molecular formula is C15H33NO. The molecule has 0 amide bonds. The van der Waals surface area contributed by atoms with Crippen LogP contribution >= 0.6 is 0 Å². The summed E-state index contributed by atoms with van der Waals surface area (Å²) in [5.41, 5.74) is 0. The lowest BCUT2D eigenvalue weighted by Crippen LogP contribution is -2.29. The second-order valence-corrected chi connectivity index (χ2v) is 5.08. The van der Waals surface area contributed by atoms with Crippen molar-refractivity contribution < 1.29 is 4.74 Å². The van der Waals surface area contributed by atoms with Gasteiger partial charge in [0.15, 0.2) is 0 Å². The molecule has 0 aromatic rings. The molecule has 0 heterocycles. The first-order chi connectivity index (χ1) is 8.24. The molecule has 2 heteroatoms. The average molecular weight is 243 g/mol. The van der Waals surface area contributed by atoms with Gasteiger partial charge in [-0.25, -0.2) is 0 Å². The highest BCUT2D eigenvalue weighted by Crippen LogP contribution is 2.12. The van der Waals surface area contributed by atoms with Crippen molar-refractivity contribution in [3.8, 4) is 0 Å². The predicted molar refractivity (Wildman–Crippen MR) is 76.5 cm³/mol. The van der Waals surface area contributed by atoms with E-state index in [-0.39, 0.29) is 0 Å². The summed E-state index contributed by atoms with van der Waals surface area (Å²) in [6.45, 7) is 7.71. The standard InChI is InChI=1S/C15H33NO/c1-5-7-8-9-10-11-15(16-6-2)13-12-14(3)17-4/h14-16H,5-13H2,1-4H3. The fourth-order valence-corrected chi connectivity index (χ4v) is 2.19. The maximum absolute atomic E-state index is 5.31. The van der Waals surface area contributed by atoms with Gasteiger partial charge in [-0.15, -0.1) is 0 Å². The van der Waals surface area contributed by atoms with Gasteiger partial charge in [-0.3, -0.25) is 0 Å². The van der Waals surface area contributed by atoms with Crippen LogP contribution < -0.4 is 5.32 Å². The Hall–Kier alpha value is -0.0800. The molecule has 2 atom stereocenters. The van der Waals surface area contributed by atoms with E-state index in [4.69, 9.17) is 4.74 Å². The van der Waals surface area contributed by atoms with Crippen LogP contribution in [0.4, 0.5) is 0 Å². The second-order valence-electron chi connectivity index (χ2n) is 5.08. The van der Waals surface area contributed by atoms with E-state index in [0.717, 1.165) is 6.54 Å². The number of hydrogen-bond acceptors (Lipinski definition) is 2. The fourth-order valence-electron chi connectivity index (χ4n) is 2.19. The SMILES string of the molecule is CCCCCCCC(CCC(C)OC)NCC. The lowest BCUT2D eigenvalue weighted by Gasteiger charge is -2.19. The third-order valence-corrected chi connectivity index (χ3v) is 3.47. The molecule has 1 N–H and O–H groups in total. The van der Waals surface area contributed by atoms with Crippen LogP contribution in [0.5, 0.6) is 0 Å². The van der Waals surface area contributed by atoms with E-state index in [1.54, 1.807) is 7.11 Å². The Kier molecular flexibility index (Phi) is 12.3. The van der Waals surface area contributed by atoms with Crippen molar-refractivity contribution in [3.63, 3.8) is 0 Å². The first kappa shape index (κ1) is 16.9. The maximum atomic E-state index is 5.31. The van der Waals surface area contributed by atoms with E-state index >= 15 is 0 Å². The van der Waals surface area contributed by atoms with Crippen molar-refractivity contribution in [2.45, 2.75) is 84.3 Å². The van der Waals surface area contributed by atoms with Crippen molar-refractivity contribution in [3.05, 3.63) is 0 Å². The number of unbranched alkanes of at least 4 members (excludes halogenated alkanes) is 4. The Morgan fingerprint density at radius 3 is 2.24 bits per heavy atom. The smallest absolute Gasteiger partial charge is 0.0543 e. The van der Waals surface area contributed by atoms with Gasteiger partial charge in [0.1, 0.15) is 0 Å². The summed E-state index contributed by atoms with van der Waals surface area (Å²) in [5, 5.41) is 3.60. The highest BCUT2D eigenvalue weighted by Gasteiger charge is 2.09. The van der Waals surface area contributed by atoms with Gasteiger partial charge >= 0.3 is 0 Å². The number of rotatable bonds is 12. The largest absolute Gasteiger partial charge is 0.382 e. The van der Waals surface area contributed by atoms with Crippen LogP contribution in [-0.4, -0.2) is 25.8 Å². The van der Waals surface area contributed by atoms with Crippen molar-refractivity contribution >= 4 is 0 Å². The lowest BCUT2D eigenvalue weighted by atomic mass is 10.0. The van der Waals surface area contributed by atoms with Crippen LogP contribution in [0.2, 0.25) is 0 Å². The van der Waals surface area contributed by atoms with Crippen LogP contribution in [0, 0.1) is 0 Å².